The van der Waals surface area contributed by atoms with E-state index in [4.69, 9.17) is 0 Å². The highest BCUT2D eigenvalue weighted by molar-refractivity contribution is 5.80. The molecular weight excluding hydrogens is 294 g/mol. The van der Waals surface area contributed by atoms with E-state index in [1.54, 1.807) is 11.0 Å². The van der Waals surface area contributed by atoms with Crippen molar-refractivity contribution in [2.45, 2.75) is 25.8 Å². The highest BCUT2D eigenvalue weighted by Crippen LogP contribution is 2.17. The number of aliphatic hydroxyl groups excluding tert-OH is 1. The molecule has 1 saturated heterocycles. The van der Waals surface area contributed by atoms with Gasteiger partial charge in [-0.05, 0) is 30.9 Å². The van der Waals surface area contributed by atoms with Gasteiger partial charge in [-0.3, -0.25) is 14.2 Å². The van der Waals surface area contributed by atoms with E-state index < -0.39 is 0 Å². The van der Waals surface area contributed by atoms with Crippen LogP contribution in [0.25, 0.3) is 11.0 Å². The highest BCUT2D eigenvalue weighted by Gasteiger charge is 2.22. The molecule has 3 rings (SSSR count). The van der Waals surface area contributed by atoms with Crippen LogP contribution in [0.3, 0.4) is 0 Å². The average Bonchev–Trinajstić information content (AvgIpc) is 2.83. The molecule has 1 atom stereocenters. The van der Waals surface area contributed by atoms with Crippen LogP contribution in [0.4, 0.5) is 0 Å². The van der Waals surface area contributed by atoms with Crippen LogP contribution >= 0.6 is 0 Å². The minimum atomic E-state index is -0.273. The molecular formula is C17H21N3O3. The topological polar surface area (TPSA) is 75.4 Å². The van der Waals surface area contributed by atoms with Crippen LogP contribution in [0.15, 0.2) is 35.3 Å². The van der Waals surface area contributed by atoms with Crippen molar-refractivity contribution in [3.8, 4) is 0 Å². The number of fused-ring (bicyclic) bond motifs is 1. The minimum Gasteiger partial charge on any atom is -0.396 e. The van der Waals surface area contributed by atoms with Gasteiger partial charge in [-0.25, -0.2) is 4.98 Å². The van der Waals surface area contributed by atoms with E-state index >= 15 is 0 Å². The number of benzene rings is 1. The van der Waals surface area contributed by atoms with E-state index in [0.717, 1.165) is 19.3 Å². The number of hydrogen-bond donors (Lipinski definition) is 1. The number of nitrogens with zero attached hydrogens (tertiary/aromatic N) is 3. The standard InChI is InChI=1S/C17H21N3O3/c21-12-13-5-3-4-8-19(10-13)17(23)11-20-15-7-2-1-6-14(15)18-9-16(20)22/h1-2,6-7,9,13,21H,3-5,8,10-12H2. The van der Waals surface area contributed by atoms with Crippen molar-refractivity contribution in [2.24, 2.45) is 5.92 Å². The normalized spacial score (nSPS) is 18.8. The number of aliphatic hydroxyl groups is 1. The molecule has 1 aromatic carbocycles. The SMILES string of the molecule is O=C(Cn1c(=O)cnc2ccccc21)N1CCCCC(CO)C1. The summed E-state index contributed by atoms with van der Waals surface area (Å²) in [6.45, 7) is 1.36. The lowest BCUT2D eigenvalue weighted by Gasteiger charge is -2.24. The number of para-hydroxylation sites is 2. The van der Waals surface area contributed by atoms with Gasteiger partial charge in [0.05, 0.1) is 17.2 Å². The van der Waals surface area contributed by atoms with Gasteiger partial charge >= 0.3 is 0 Å². The van der Waals surface area contributed by atoms with Crippen molar-refractivity contribution in [1.29, 1.82) is 0 Å². The van der Waals surface area contributed by atoms with Gasteiger partial charge in [-0.15, -0.1) is 0 Å². The van der Waals surface area contributed by atoms with Crippen LogP contribution in [0, 0.1) is 5.92 Å². The summed E-state index contributed by atoms with van der Waals surface area (Å²) >= 11 is 0. The maximum absolute atomic E-state index is 12.6. The van der Waals surface area contributed by atoms with Crippen LogP contribution in [-0.4, -0.2) is 45.2 Å². The molecule has 6 nitrogen and oxygen atoms in total. The summed E-state index contributed by atoms with van der Waals surface area (Å²) in [5.74, 6) is 0.0520. The molecule has 1 aliphatic heterocycles. The maximum atomic E-state index is 12.6. The van der Waals surface area contributed by atoms with Gasteiger partial charge in [0.2, 0.25) is 5.91 Å². The average molecular weight is 315 g/mol. The van der Waals surface area contributed by atoms with Crippen LogP contribution in [0.2, 0.25) is 0 Å². The molecule has 1 N–H and O–H groups in total. The Kier molecular flexibility index (Phi) is 4.71. The predicted octanol–water partition coefficient (Wildman–Crippen LogP) is 1.02. The Labute approximate surface area is 134 Å². The lowest BCUT2D eigenvalue weighted by Crippen LogP contribution is -2.39. The second-order valence-electron chi connectivity index (χ2n) is 6.06. The zero-order chi connectivity index (χ0) is 16.2. The molecule has 1 unspecified atom stereocenters. The molecule has 1 fully saturated rings. The largest absolute Gasteiger partial charge is 0.396 e. The van der Waals surface area contributed by atoms with E-state index in [1.807, 2.05) is 18.2 Å². The number of carbonyl (C=O) groups is 1. The van der Waals surface area contributed by atoms with Crippen LogP contribution in [0.5, 0.6) is 0 Å². The molecule has 1 aromatic heterocycles. The molecule has 23 heavy (non-hydrogen) atoms. The zero-order valence-electron chi connectivity index (χ0n) is 13.0. The summed E-state index contributed by atoms with van der Waals surface area (Å²) in [6.07, 6.45) is 4.16. The zero-order valence-corrected chi connectivity index (χ0v) is 13.0. The number of amides is 1. The van der Waals surface area contributed by atoms with Crippen molar-refractivity contribution in [2.75, 3.05) is 19.7 Å². The number of hydrogen-bond acceptors (Lipinski definition) is 4. The van der Waals surface area contributed by atoms with Crippen molar-refractivity contribution < 1.29 is 9.90 Å². The first kappa shape index (κ1) is 15.7. The fourth-order valence-corrected chi connectivity index (χ4v) is 3.12. The van der Waals surface area contributed by atoms with Gasteiger partial charge in [0.15, 0.2) is 0 Å². The minimum absolute atomic E-state index is 0.0139. The van der Waals surface area contributed by atoms with E-state index in [0.29, 0.717) is 24.1 Å². The first-order valence-corrected chi connectivity index (χ1v) is 8.02. The van der Waals surface area contributed by atoms with Gasteiger partial charge < -0.3 is 10.0 Å². The highest BCUT2D eigenvalue weighted by atomic mass is 16.3. The summed E-state index contributed by atoms with van der Waals surface area (Å²) in [5, 5.41) is 9.39. The lowest BCUT2D eigenvalue weighted by atomic mass is 10.1. The molecule has 0 spiro atoms. The fraction of sp³-hybridized carbons (Fsp3) is 0.471. The summed E-state index contributed by atoms with van der Waals surface area (Å²) in [4.78, 5) is 30.7. The van der Waals surface area contributed by atoms with Gasteiger partial charge in [-0.2, -0.15) is 0 Å². The third-order valence-electron chi connectivity index (χ3n) is 4.43. The summed E-state index contributed by atoms with van der Waals surface area (Å²) in [5.41, 5.74) is 1.09. The molecule has 2 heterocycles. The Hall–Kier alpha value is -2.21. The van der Waals surface area contributed by atoms with Crippen molar-refractivity contribution >= 4 is 16.9 Å². The molecule has 1 amide bonds. The molecule has 6 heteroatoms. The Balaban J connectivity index is 1.85. The first-order valence-electron chi connectivity index (χ1n) is 8.02. The number of rotatable bonds is 3. The molecule has 0 saturated carbocycles. The van der Waals surface area contributed by atoms with E-state index in [-0.39, 0.29) is 30.5 Å². The van der Waals surface area contributed by atoms with E-state index in [9.17, 15) is 14.7 Å². The van der Waals surface area contributed by atoms with Gasteiger partial charge in [0.1, 0.15) is 6.54 Å². The number of likely N-dealkylation sites (tertiary alicyclic amines) is 1. The predicted molar refractivity (Wildman–Crippen MR) is 87.0 cm³/mol. The number of aromatic nitrogens is 2. The lowest BCUT2D eigenvalue weighted by molar-refractivity contribution is -0.132. The molecule has 0 bridgehead atoms. The van der Waals surface area contributed by atoms with Gasteiger partial charge in [0.25, 0.3) is 5.56 Å². The smallest absolute Gasteiger partial charge is 0.269 e. The molecule has 1 aliphatic rings. The quantitative estimate of drug-likeness (QED) is 0.917. The van der Waals surface area contributed by atoms with Gasteiger partial charge in [-0.1, -0.05) is 18.6 Å². The number of carbonyl (C=O) groups excluding carboxylic acids is 1. The van der Waals surface area contributed by atoms with Crippen molar-refractivity contribution in [3.63, 3.8) is 0 Å². The summed E-state index contributed by atoms with van der Waals surface area (Å²) in [7, 11) is 0. The monoisotopic (exact) mass is 315 g/mol. The van der Waals surface area contributed by atoms with Crippen LogP contribution in [-0.2, 0) is 11.3 Å². The van der Waals surface area contributed by atoms with Crippen molar-refractivity contribution in [1.82, 2.24) is 14.5 Å². The Morgan fingerprint density at radius 1 is 1.30 bits per heavy atom. The van der Waals surface area contributed by atoms with E-state index in [1.165, 1.54) is 10.8 Å². The third-order valence-corrected chi connectivity index (χ3v) is 4.43. The Morgan fingerprint density at radius 2 is 2.13 bits per heavy atom. The Morgan fingerprint density at radius 3 is 2.96 bits per heavy atom. The second kappa shape index (κ2) is 6.91. The summed E-state index contributed by atoms with van der Waals surface area (Å²) in [6, 6.07) is 7.31. The molecule has 0 radical (unpaired) electrons. The first-order chi connectivity index (χ1) is 11.2. The fourth-order valence-electron chi connectivity index (χ4n) is 3.12. The summed E-state index contributed by atoms with van der Waals surface area (Å²) < 4.78 is 1.48. The molecule has 122 valence electrons. The van der Waals surface area contributed by atoms with Crippen LogP contribution < -0.4 is 5.56 Å². The second-order valence-corrected chi connectivity index (χ2v) is 6.06. The van der Waals surface area contributed by atoms with Crippen LogP contribution in [0.1, 0.15) is 19.3 Å². The molecule has 2 aromatic rings. The van der Waals surface area contributed by atoms with Crippen molar-refractivity contribution in [3.05, 3.63) is 40.8 Å². The van der Waals surface area contributed by atoms with Gasteiger partial charge in [0, 0.05) is 19.7 Å². The maximum Gasteiger partial charge on any atom is 0.269 e. The third kappa shape index (κ3) is 3.42. The molecule has 0 aliphatic carbocycles. The Bertz CT molecular complexity index is 756. The van der Waals surface area contributed by atoms with E-state index in [2.05, 4.69) is 4.98 Å².